The van der Waals surface area contributed by atoms with Gasteiger partial charge in [-0.25, -0.2) is 0 Å². The molecule has 0 fully saturated rings. The molecule has 1 atom stereocenters. The van der Waals surface area contributed by atoms with E-state index in [9.17, 15) is 4.79 Å². The molecule has 1 unspecified atom stereocenters. The molecule has 1 aromatic rings. The van der Waals surface area contributed by atoms with Crippen LogP contribution in [-0.2, 0) is 4.79 Å². The van der Waals surface area contributed by atoms with Crippen molar-refractivity contribution in [3.05, 3.63) is 29.3 Å². The van der Waals surface area contributed by atoms with E-state index >= 15 is 0 Å². The van der Waals surface area contributed by atoms with E-state index in [4.69, 9.17) is 11.5 Å². The van der Waals surface area contributed by atoms with Gasteiger partial charge in [0.15, 0.2) is 5.78 Å². The summed E-state index contributed by atoms with van der Waals surface area (Å²) in [5.74, 6) is -0.0736. The zero-order valence-corrected chi connectivity index (χ0v) is 7.87. The van der Waals surface area contributed by atoms with Gasteiger partial charge in [0.1, 0.15) is 0 Å². The Labute approximate surface area is 77.7 Å². The second-order valence-corrected chi connectivity index (χ2v) is 3.22. The highest BCUT2D eigenvalue weighted by Crippen LogP contribution is 2.20. The Morgan fingerprint density at radius 3 is 2.54 bits per heavy atom. The molecule has 0 amide bonds. The standard InChI is InChI=1S/C10H14N2O/c1-6-3-4-8(9(11)5-6)10(12)7(2)13/h3-5,10H,11-12H2,1-2H3. The molecule has 0 spiro atoms. The van der Waals surface area contributed by atoms with Crippen molar-refractivity contribution in [2.75, 3.05) is 5.73 Å². The van der Waals surface area contributed by atoms with Crippen LogP contribution in [0.25, 0.3) is 0 Å². The predicted octanol–water partition coefficient (Wildman–Crippen LogP) is 1.17. The quantitative estimate of drug-likeness (QED) is 0.668. The molecule has 3 heteroatoms. The van der Waals surface area contributed by atoms with Crippen molar-refractivity contribution in [3.63, 3.8) is 0 Å². The molecule has 0 aliphatic heterocycles. The van der Waals surface area contributed by atoms with Crippen LogP contribution in [0.1, 0.15) is 24.1 Å². The minimum absolute atomic E-state index is 0.0736. The average molecular weight is 178 g/mol. The molecule has 0 saturated heterocycles. The minimum Gasteiger partial charge on any atom is -0.398 e. The molecule has 0 saturated carbocycles. The first-order valence-corrected chi connectivity index (χ1v) is 4.14. The van der Waals surface area contributed by atoms with Gasteiger partial charge < -0.3 is 11.5 Å². The van der Waals surface area contributed by atoms with Crippen LogP contribution >= 0.6 is 0 Å². The molecule has 1 rings (SSSR count). The van der Waals surface area contributed by atoms with Crippen molar-refractivity contribution < 1.29 is 4.79 Å². The minimum atomic E-state index is -0.597. The summed E-state index contributed by atoms with van der Waals surface area (Å²) in [4.78, 5) is 11.0. The SMILES string of the molecule is CC(=O)C(N)c1ccc(C)cc1N. The third-order valence-corrected chi connectivity index (χ3v) is 2.02. The van der Waals surface area contributed by atoms with Gasteiger partial charge >= 0.3 is 0 Å². The van der Waals surface area contributed by atoms with Crippen LogP contribution in [0.3, 0.4) is 0 Å². The number of hydrogen-bond acceptors (Lipinski definition) is 3. The molecule has 3 nitrogen and oxygen atoms in total. The van der Waals surface area contributed by atoms with Gasteiger partial charge in [-0.05, 0) is 31.0 Å². The van der Waals surface area contributed by atoms with Gasteiger partial charge in [-0.15, -0.1) is 0 Å². The smallest absolute Gasteiger partial charge is 0.151 e. The number of anilines is 1. The summed E-state index contributed by atoms with van der Waals surface area (Å²) in [6.45, 7) is 3.41. The third-order valence-electron chi connectivity index (χ3n) is 2.02. The lowest BCUT2D eigenvalue weighted by molar-refractivity contribution is -0.118. The van der Waals surface area contributed by atoms with Gasteiger partial charge in [0, 0.05) is 5.69 Å². The maximum Gasteiger partial charge on any atom is 0.151 e. The molecular formula is C10H14N2O. The van der Waals surface area contributed by atoms with Crippen molar-refractivity contribution >= 4 is 11.5 Å². The number of ketones is 1. The van der Waals surface area contributed by atoms with Crippen molar-refractivity contribution in [2.24, 2.45) is 5.73 Å². The van der Waals surface area contributed by atoms with Gasteiger partial charge in [0.25, 0.3) is 0 Å². The Hall–Kier alpha value is -1.35. The molecule has 0 bridgehead atoms. The summed E-state index contributed by atoms with van der Waals surface area (Å²) in [6.07, 6.45) is 0. The van der Waals surface area contributed by atoms with Gasteiger partial charge in [-0.2, -0.15) is 0 Å². The highest BCUT2D eigenvalue weighted by molar-refractivity contribution is 5.84. The fourth-order valence-corrected chi connectivity index (χ4v) is 1.20. The van der Waals surface area contributed by atoms with Crippen molar-refractivity contribution in [1.29, 1.82) is 0 Å². The summed E-state index contributed by atoms with van der Waals surface area (Å²) in [7, 11) is 0. The molecule has 70 valence electrons. The monoisotopic (exact) mass is 178 g/mol. The van der Waals surface area contributed by atoms with Gasteiger partial charge in [0.2, 0.25) is 0 Å². The van der Waals surface area contributed by atoms with Crippen LogP contribution < -0.4 is 11.5 Å². The fourth-order valence-electron chi connectivity index (χ4n) is 1.20. The Balaban J connectivity index is 3.08. The largest absolute Gasteiger partial charge is 0.398 e. The summed E-state index contributed by atoms with van der Waals surface area (Å²) < 4.78 is 0. The molecule has 0 aliphatic rings. The summed E-state index contributed by atoms with van der Waals surface area (Å²) in [6, 6.07) is 4.92. The van der Waals surface area contributed by atoms with Crippen LogP contribution in [0.15, 0.2) is 18.2 Å². The molecule has 4 N–H and O–H groups in total. The molecule has 0 heterocycles. The van der Waals surface area contributed by atoms with Gasteiger partial charge in [-0.3, -0.25) is 4.79 Å². The van der Waals surface area contributed by atoms with Crippen molar-refractivity contribution in [1.82, 2.24) is 0 Å². The van der Waals surface area contributed by atoms with Crippen LogP contribution in [0.5, 0.6) is 0 Å². The lowest BCUT2D eigenvalue weighted by atomic mass is 10.0. The molecule has 0 aliphatic carbocycles. The average Bonchev–Trinajstić information content (AvgIpc) is 2.03. The Bertz CT molecular complexity index is 334. The number of hydrogen-bond donors (Lipinski definition) is 2. The highest BCUT2D eigenvalue weighted by Gasteiger charge is 2.13. The number of aryl methyl sites for hydroxylation is 1. The second kappa shape index (κ2) is 3.58. The molecule has 0 radical (unpaired) electrons. The number of benzene rings is 1. The predicted molar refractivity (Wildman–Crippen MR) is 53.2 cm³/mol. The van der Waals surface area contributed by atoms with E-state index in [1.54, 1.807) is 6.07 Å². The van der Waals surface area contributed by atoms with E-state index in [2.05, 4.69) is 0 Å². The Morgan fingerprint density at radius 2 is 2.08 bits per heavy atom. The fraction of sp³-hybridized carbons (Fsp3) is 0.300. The molecule has 1 aromatic carbocycles. The Morgan fingerprint density at radius 1 is 1.46 bits per heavy atom. The topological polar surface area (TPSA) is 69.1 Å². The van der Waals surface area contributed by atoms with Crippen LogP contribution in [0, 0.1) is 6.92 Å². The van der Waals surface area contributed by atoms with Gasteiger partial charge in [-0.1, -0.05) is 12.1 Å². The number of nitrogen functional groups attached to an aromatic ring is 1. The zero-order chi connectivity index (χ0) is 10.0. The number of Topliss-reactive ketones (excluding diaryl/α,β-unsaturated/α-hetero) is 1. The molecule has 0 aromatic heterocycles. The van der Waals surface area contributed by atoms with Crippen LogP contribution in [-0.4, -0.2) is 5.78 Å². The zero-order valence-electron chi connectivity index (χ0n) is 7.87. The molecule has 13 heavy (non-hydrogen) atoms. The summed E-state index contributed by atoms with van der Waals surface area (Å²) in [5, 5.41) is 0. The number of nitrogens with two attached hydrogens (primary N) is 2. The number of carbonyl (C=O) groups is 1. The second-order valence-electron chi connectivity index (χ2n) is 3.22. The van der Waals surface area contributed by atoms with Crippen LogP contribution in [0.4, 0.5) is 5.69 Å². The van der Waals surface area contributed by atoms with E-state index in [0.717, 1.165) is 5.56 Å². The maximum atomic E-state index is 11.0. The number of rotatable bonds is 2. The van der Waals surface area contributed by atoms with Gasteiger partial charge in [0.05, 0.1) is 6.04 Å². The lowest BCUT2D eigenvalue weighted by Crippen LogP contribution is -2.19. The summed E-state index contributed by atoms with van der Waals surface area (Å²) >= 11 is 0. The van der Waals surface area contributed by atoms with E-state index in [0.29, 0.717) is 11.3 Å². The molecular weight excluding hydrogens is 164 g/mol. The van der Waals surface area contributed by atoms with E-state index in [1.807, 2.05) is 19.1 Å². The van der Waals surface area contributed by atoms with Crippen molar-refractivity contribution in [2.45, 2.75) is 19.9 Å². The third kappa shape index (κ3) is 2.06. The normalized spacial score (nSPS) is 12.5. The Kier molecular flexibility index (Phi) is 2.68. The first kappa shape index (κ1) is 9.74. The highest BCUT2D eigenvalue weighted by atomic mass is 16.1. The lowest BCUT2D eigenvalue weighted by Gasteiger charge is -2.11. The first-order valence-electron chi connectivity index (χ1n) is 4.14. The van der Waals surface area contributed by atoms with Crippen LogP contribution in [0.2, 0.25) is 0 Å². The number of carbonyl (C=O) groups excluding carboxylic acids is 1. The summed E-state index contributed by atoms with van der Waals surface area (Å²) in [5.41, 5.74) is 13.7. The van der Waals surface area contributed by atoms with E-state index in [1.165, 1.54) is 6.92 Å². The maximum absolute atomic E-state index is 11.0. The van der Waals surface area contributed by atoms with Crippen molar-refractivity contribution in [3.8, 4) is 0 Å². The van der Waals surface area contributed by atoms with E-state index in [-0.39, 0.29) is 5.78 Å². The van der Waals surface area contributed by atoms with E-state index < -0.39 is 6.04 Å². The first-order chi connectivity index (χ1) is 6.02.